The number of rotatable bonds is 7. The summed E-state index contributed by atoms with van der Waals surface area (Å²) in [5.41, 5.74) is 0.741. The second-order valence-corrected chi connectivity index (χ2v) is 8.56. The average Bonchev–Trinajstić information content (AvgIpc) is 3.19. The van der Waals surface area contributed by atoms with Gasteiger partial charge in [0.05, 0.1) is 10.6 Å². The molecular weight excluding hydrogens is 474 g/mol. The number of pyridine rings is 1. The molecule has 0 bridgehead atoms. The summed E-state index contributed by atoms with van der Waals surface area (Å²) in [5.74, 6) is -4.00. The Morgan fingerprint density at radius 3 is 2.26 bits per heavy atom. The number of nitrogens with zero attached hydrogens (tertiary/aromatic N) is 3. The summed E-state index contributed by atoms with van der Waals surface area (Å²) in [6.45, 7) is 1.99. The van der Waals surface area contributed by atoms with E-state index in [4.69, 9.17) is 10.2 Å². The quantitative estimate of drug-likeness (QED) is 0.419. The molecule has 0 aliphatic rings. The lowest BCUT2D eigenvalue weighted by Crippen LogP contribution is -2.12. The number of carboxylic acid groups (broad SMARTS) is 2. The van der Waals surface area contributed by atoms with Crippen molar-refractivity contribution in [3.8, 4) is 5.69 Å². The molecule has 0 aliphatic heterocycles. The van der Waals surface area contributed by atoms with Gasteiger partial charge in [-0.05, 0) is 38.2 Å². The summed E-state index contributed by atoms with van der Waals surface area (Å²) < 4.78 is 54.8. The van der Waals surface area contributed by atoms with Crippen molar-refractivity contribution < 1.29 is 37.0 Å². The fourth-order valence-electron chi connectivity index (χ4n) is 2.57. The summed E-state index contributed by atoms with van der Waals surface area (Å²) in [6, 6.07) is 7.08. The predicted octanol–water partition coefficient (Wildman–Crippen LogP) is 2.12. The molecule has 10 nitrogen and oxygen atoms in total. The van der Waals surface area contributed by atoms with Gasteiger partial charge in [0.2, 0.25) is 9.84 Å². The van der Waals surface area contributed by atoms with Crippen molar-refractivity contribution in [3.05, 3.63) is 77.8 Å². The lowest BCUT2D eigenvalue weighted by molar-refractivity contribution is -0.134. The van der Waals surface area contributed by atoms with Gasteiger partial charge in [0, 0.05) is 42.7 Å². The molecule has 2 aromatic heterocycles. The van der Waals surface area contributed by atoms with E-state index in [0.29, 0.717) is 23.5 Å². The van der Waals surface area contributed by atoms with Crippen LogP contribution in [-0.2, 0) is 26.0 Å². The average molecular weight is 494 g/mol. The van der Waals surface area contributed by atoms with E-state index in [2.05, 4.69) is 15.4 Å². The number of benzene rings is 1. The van der Waals surface area contributed by atoms with Gasteiger partial charge in [0.15, 0.2) is 5.03 Å². The number of hydrogen-bond donors (Lipinski definition) is 3. The Bertz CT molecular complexity index is 1310. The van der Waals surface area contributed by atoms with E-state index >= 15 is 0 Å². The van der Waals surface area contributed by atoms with E-state index in [1.165, 1.54) is 18.3 Å². The second-order valence-electron chi connectivity index (χ2n) is 6.66. The molecule has 0 saturated heterocycles. The topological polar surface area (TPSA) is 151 Å². The van der Waals surface area contributed by atoms with E-state index in [0.717, 1.165) is 22.9 Å². The summed E-state index contributed by atoms with van der Waals surface area (Å²) in [4.78, 5) is 23.0. The molecule has 0 spiro atoms. The summed E-state index contributed by atoms with van der Waals surface area (Å²) >= 11 is 0. The Morgan fingerprint density at radius 2 is 1.74 bits per heavy atom. The van der Waals surface area contributed by atoms with Crippen LogP contribution in [-0.4, -0.2) is 52.4 Å². The van der Waals surface area contributed by atoms with Gasteiger partial charge in [-0.2, -0.15) is 5.10 Å². The monoisotopic (exact) mass is 494 g/mol. The molecule has 1 aromatic carbocycles. The molecule has 3 rings (SSSR count). The molecule has 0 atom stereocenters. The minimum Gasteiger partial charge on any atom is -0.478 e. The number of aryl methyl sites for hydroxylation is 1. The first-order chi connectivity index (χ1) is 15.9. The van der Waals surface area contributed by atoms with Gasteiger partial charge in [0.1, 0.15) is 17.3 Å². The fraction of sp³-hybridized carbons (Fsp3) is 0.143. The molecule has 0 amide bonds. The van der Waals surface area contributed by atoms with E-state index in [1.807, 2.05) is 0 Å². The maximum atomic E-state index is 14.2. The summed E-state index contributed by atoms with van der Waals surface area (Å²) in [7, 11) is -2.37. The number of nitrogens with one attached hydrogen (secondary N) is 1. The van der Waals surface area contributed by atoms with Crippen LogP contribution in [0.5, 0.6) is 0 Å². The maximum absolute atomic E-state index is 14.2. The number of halogens is 2. The van der Waals surface area contributed by atoms with Gasteiger partial charge < -0.3 is 15.5 Å². The van der Waals surface area contributed by atoms with E-state index in [-0.39, 0.29) is 22.2 Å². The Balaban J connectivity index is 0.000000440. The zero-order valence-corrected chi connectivity index (χ0v) is 18.8. The Labute approximate surface area is 193 Å². The normalized spacial score (nSPS) is 11.2. The molecular formula is C21H20F2N4O6S. The van der Waals surface area contributed by atoms with Crippen LogP contribution in [0.25, 0.3) is 5.69 Å². The van der Waals surface area contributed by atoms with Crippen LogP contribution in [0.1, 0.15) is 11.4 Å². The van der Waals surface area contributed by atoms with Crippen molar-refractivity contribution in [1.29, 1.82) is 0 Å². The van der Waals surface area contributed by atoms with Gasteiger partial charge in [-0.15, -0.1) is 0 Å². The highest BCUT2D eigenvalue weighted by Gasteiger charge is 2.26. The zero-order valence-electron chi connectivity index (χ0n) is 17.9. The SMILES string of the molecule is CNCc1cc(S(=O)(=O)c2ccc(C)nc2)n(-c2cc(F)ccc2F)n1.O=C(O)/C=C/C(=O)O. The third kappa shape index (κ3) is 6.76. The third-order valence-corrected chi connectivity index (χ3v) is 5.76. The lowest BCUT2D eigenvalue weighted by Gasteiger charge is -2.09. The highest BCUT2D eigenvalue weighted by Crippen LogP contribution is 2.26. The number of hydrogen-bond acceptors (Lipinski definition) is 7. The van der Waals surface area contributed by atoms with Gasteiger partial charge >= 0.3 is 11.9 Å². The largest absolute Gasteiger partial charge is 0.478 e. The predicted molar refractivity (Wildman–Crippen MR) is 115 cm³/mol. The molecule has 3 N–H and O–H groups in total. The van der Waals surface area contributed by atoms with Crippen molar-refractivity contribution in [1.82, 2.24) is 20.1 Å². The number of carboxylic acids is 2. The maximum Gasteiger partial charge on any atom is 0.328 e. The van der Waals surface area contributed by atoms with Crippen molar-refractivity contribution in [2.45, 2.75) is 23.4 Å². The highest BCUT2D eigenvalue weighted by molar-refractivity contribution is 7.91. The minimum absolute atomic E-state index is 0.0583. The molecule has 0 aliphatic carbocycles. The van der Waals surface area contributed by atoms with Gasteiger partial charge in [-0.25, -0.2) is 31.5 Å². The van der Waals surface area contributed by atoms with Crippen LogP contribution < -0.4 is 5.32 Å². The molecule has 13 heteroatoms. The van der Waals surface area contributed by atoms with Gasteiger partial charge in [0.25, 0.3) is 0 Å². The Hall–Kier alpha value is -3.97. The van der Waals surface area contributed by atoms with Crippen molar-refractivity contribution in [2.75, 3.05) is 7.05 Å². The first-order valence-electron chi connectivity index (χ1n) is 9.46. The molecule has 0 fully saturated rings. The summed E-state index contributed by atoms with van der Waals surface area (Å²) in [6.07, 6.45) is 2.34. The minimum atomic E-state index is -4.04. The number of carbonyl (C=O) groups is 2. The van der Waals surface area contributed by atoms with Crippen molar-refractivity contribution in [2.24, 2.45) is 0 Å². The van der Waals surface area contributed by atoms with Crippen molar-refractivity contribution in [3.63, 3.8) is 0 Å². The Kier molecular flexibility index (Phi) is 8.70. The molecule has 0 unspecified atom stereocenters. The summed E-state index contributed by atoms with van der Waals surface area (Å²) in [5, 5.41) is 22.3. The third-order valence-electron chi connectivity index (χ3n) is 4.06. The first-order valence-corrected chi connectivity index (χ1v) is 10.9. The molecule has 3 aromatic rings. The molecule has 2 heterocycles. The van der Waals surface area contributed by atoms with E-state index < -0.39 is 33.4 Å². The molecule has 0 saturated carbocycles. The van der Waals surface area contributed by atoms with Crippen LogP contribution in [0.15, 0.2) is 64.7 Å². The van der Waals surface area contributed by atoms with Crippen LogP contribution in [0, 0.1) is 18.6 Å². The smallest absolute Gasteiger partial charge is 0.328 e. The van der Waals surface area contributed by atoms with Crippen molar-refractivity contribution >= 4 is 21.8 Å². The molecule has 34 heavy (non-hydrogen) atoms. The first kappa shape index (κ1) is 26.3. The molecule has 0 radical (unpaired) electrons. The number of aromatic nitrogens is 3. The Morgan fingerprint density at radius 1 is 1.09 bits per heavy atom. The van der Waals surface area contributed by atoms with E-state index in [1.54, 1.807) is 20.0 Å². The number of aliphatic carboxylic acids is 2. The van der Waals surface area contributed by atoms with Crippen LogP contribution in [0.4, 0.5) is 8.78 Å². The van der Waals surface area contributed by atoms with Crippen LogP contribution in [0.2, 0.25) is 0 Å². The second kappa shape index (κ2) is 11.2. The molecule has 180 valence electrons. The van der Waals surface area contributed by atoms with E-state index in [9.17, 15) is 26.8 Å². The standard InChI is InChI=1S/C17H16F2N4O2S.C4H4O4/c1-11-3-5-14(10-21-11)26(24,25)17-8-13(9-20-2)22-23(17)16-7-12(18)4-6-15(16)19;5-3(6)1-2-4(7)8/h3-8,10,20H,9H2,1-2H3;1-2H,(H,5,6)(H,7,8)/b;2-1+. The van der Waals surface area contributed by atoms with Gasteiger partial charge in [-0.3, -0.25) is 4.98 Å². The van der Waals surface area contributed by atoms with Gasteiger partial charge in [-0.1, -0.05) is 0 Å². The lowest BCUT2D eigenvalue weighted by atomic mass is 10.3. The van der Waals surface area contributed by atoms with Crippen LogP contribution >= 0.6 is 0 Å². The highest BCUT2D eigenvalue weighted by atomic mass is 32.2. The number of sulfone groups is 1. The fourth-order valence-corrected chi connectivity index (χ4v) is 3.90. The van der Waals surface area contributed by atoms with Crippen LogP contribution in [0.3, 0.4) is 0 Å². The zero-order chi connectivity index (χ0) is 25.5.